The van der Waals surface area contributed by atoms with Crippen LogP contribution in [0, 0.1) is 0 Å². The summed E-state index contributed by atoms with van der Waals surface area (Å²) < 4.78 is 0. The van der Waals surface area contributed by atoms with E-state index < -0.39 is 0 Å². The number of fused-ring (bicyclic) bond motifs is 1. The van der Waals surface area contributed by atoms with Crippen molar-refractivity contribution < 1.29 is 4.79 Å². The van der Waals surface area contributed by atoms with E-state index in [4.69, 9.17) is 0 Å². The summed E-state index contributed by atoms with van der Waals surface area (Å²) in [7, 11) is 0. The van der Waals surface area contributed by atoms with E-state index in [1.165, 1.54) is 5.56 Å². The van der Waals surface area contributed by atoms with Gasteiger partial charge in [-0.15, -0.1) is 0 Å². The summed E-state index contributed by atoms with van der Waals surface area (Å²) in [6.07, 6.45) is 1.00. The van der Waals surface area contributed by atoms with Crippen molar-refractivity contribution in [2.45, 2.75) is 39.3 Å². The first kappa shape index (κ1) is 10.2. The molecule has 2 heteroatoms. The van der Waals surface area contributed by atoms with Gasteiger partial charge < -0.3 is 4.90 Å². The molecule has 80 valence electrons. The van der Waals surface area contributed by atoms with Crippen LogP contribution in [0.5, 0.6) is 0 Å². The topological polar surface area (TPSA) is 20.3 Å². The molecular weight excluding hydrogens is 186 g/mol. The fraction of sp³-hybridized carbons (Fsp3) is 0.462. The maximum Gasteiger partial charge on any atom is 0.254 e. The lowest BCUT2D eigenvalue weighted by Gasteiger charge is -2.28. The summed E-state index contributed by atoms with van der Waals surface area (Å²) in [6.45, 7) is 6.34. The van der Waals surface area contributed by atoms with Gasteiger partial charge in [0, 0.05) is 11.6 Å². The fourth-order valence-corrected chi connectivity index (χ4v) is 2.30. The molecule has 0 saturated carbocycles. The third kappa shape index (κ3) is 1.44. The van der Waals surface area contributed by atoms with Crippen molar-refractivity contribution in [1.82, 2.24) is 4.90 Å². The SMILES string of the molecule is CCC(C)N1C(=O)c2ccccc2C1C. The van der Waals surface area contributed by atoms with Crippen molar-refractivity contribution in [3.05, 3.63) is 35.4 Å². The Labute approximate surface area is 90.9 Å². The van der Waals surface area contributed by atoms with E-state index in [1.54, 1.807) is 0 Å². The van der Waals surface area contributed by atoms with Crippen molar-refractivity contribution in [1.29, 1.82) is 0 Å². The van der Waals surface area contributed by atoms with Gasteiger partial charge in [0.1, 0.15) is 0 Å². The Balaban J connectivity index is 2.41. The highest BCUT2D eigenvalue weighted by Gasteiger charge is 2.35. The van der Waals surface area contributed by atoms with Crippen molar-refractivity contribution in [2.24, 2.45) is 0 Å². The van der Waals surface area contributed by atoms with Crippen LogP contribution in [-0.2, 0) is 0 Å². The lowest BCUT2D eigenvalue weighted by atomic mass is 10.1. The average molecular weight is 203 g/mol. The molecule has 1 heterocycles. The Hall–Kier alpha value is -1.31. The smallest absolute Gasteiger partial charge is 0.254 e. The van der Waals surface area contributed by atoms with Crippen molar-refractivity contribution in [3.63, 3.8) is 0 Å². The van der Waals surface area contributed by atoms with E-state index in [-0.39, 0.29) is 11.9 Å². The Kier molecular flexibility index (Phi) is 2.51. The van der Waals surface area contributed by atoms with Gasteiger partial charge in [-0.25, -0.2) is 0 Å². The van der Waals surface area contributed by atoms with E-state index in [0.29, 0.717) is 6.04 Å². The van der Waals surface area contributed by atoms with Crippen molar-refractivity contribution in [2.75, 3.05) is 0 Å². The normalized spacial score (nSPS) is 21.7. The average Bonchev–Trinajstić information content (AvgIpc) is 2.52. The van der Waals surface area contributed by atoms with Gasteiger partial charge in [-0.2, -0.15) is 0 Å². The monoisotopic (exact) mass is 203 g/mol. The van der Waals surface area contributed by atoms with Gasteiger partial charge >= 0.3 is 0 Å². The molecule has 1 amide bonds. The molecule has 0 radical (unpaired) electrons. The van der Waals surface area contributed by atoms with Crippen molar-refractivity contribution >= 4 is 5.91 Å². The molecule has 0 bridgehead atoms. The number of hydrogen-bond acceptors (Lipinski definition) is 1. The molecule has 1 aromatic carbocycles. The summed E-state index contributed by atoms with van der Waals surface area (Å²) in [6, 6.07) is 8.46. The number of carbonyl (C=O) groups is 1. The third-order valence-corrected chi connectivity index (χ3v) is 3.36. The molecule has 2 unspecified atom stereocenters. The summed E-state index contributed by atoms with van der Waals surface area (Å²) in [5.74, 6) is 0.187. The van der Waals surface area contributed by atoms with E-state index in [1.807, 2.05) is 23.1 Å². The molecule has 0 fully saturated rings. The molecule has 0 aromatic heterocycles. The molecule has 15 heavy (non-hydrogen) atoms. The number of hydrogen-bond donors (Lipinski definition) is 0. The number of benzene rings is 1. The number of carbonyl (C=O) groups excluding carboxylic acids is 1. The zero-order chi connectivity index (χ0) is 11.0. The van der Waals surface area contributed by atoms with Crippen LogP contribution in [0.25, 0.3) is 0 Å². The predicted molar refractivity (Wildman–Crippen MR) is 60.8 cm³/mol. The van der Waals surface area contributed by atoms with Gasteiger partial charge in [-0.1, -0.05) is 25.1 Å². The number of amides is 1. The van der Waals surface area contributed by atoms with Gasteiger partial charge in [0.2, 0.25) is 0 Å². The molecule has 0 aliphatic carbocycles. The van der Waals surface area contributed by atoms with E-state index in [0.717, 1.165) is 12.0 Å². The molecule has 2 atom stereocenters. The molecule has 1 aromatic rings. The highest BCUT2D eigenvalue weighted by atomic mass is 16.2. The summed E-state index contributed by atoms with van der Waals surface area (Å²) >= 11 is 0. The quantitative estimate of drug-likeness (QED) is 0.723. The first-order valence-corrected chi connectivity index (χ1v) is 5.58. The summed E-state index contributed by atoms with van der Waals surface area (Å²) in [4.78, 5) is 14.1. The first-order valence-electron chi connectivity index (χ1n) is 5.58. The highest BCUT2D eigenvalue weighted by Crippen LogP contribution is 2.34. The standard InChI is InChI=1S/C13H17NO/c1-4-9(2)14-10(3)11-7-5-6-8-12(11)13(14)15/h5-10H,4H2,1-3H3. The predicted octanol–water partition coefficient (Wildman–Crippen LogP) is 3.00. The third-order valence-electron chi connectivity index (χ3n) is 3.36. The van der Waals surface area contributed by atoms with Gasteiger partial charge in [-0.3, -0.25) is 4.79 Å². The van der Waals surface area contributed by atoms with Gasteiger partial charge in [-0.05, 0) is 31.9 Å². The van der Waals surface area contributed by atoms with Crippen LogP contribution >= 0.6 is 0 Å². The fourth-order valence-electron chi connectivity index (χ4n) is 2.30. The van der Waals surface area contributed by atoms with Crippen LogP contribution in [0.4, 0.5) is 0 Å². The molecule has 2 nitrogen and oxygen atoms in total. The minimum Gasteiger partial charge on any atom is -0.329 e. The molecular formula is C13H17NO. The zero-order valence-electron chi connectivity index (χ0n) is 9.53. The van der Waals surface area contributed by atoms with E-state index in [2.05, 4.69) is 26.8 Å². The number of rotatable bonds is 2. The van der Waals surface area contributed by atoms with E-state index in [9.17, 15) is 4.79 Å². The van der Waals surface area contributed by atoms with Gasteiger partial charge in [0.05, 0.1) is 6.04 Å². The van der Waals surface area contributed by atoms with Crippen LogP contribution in [0.1, 0.15) is 49.2 Å². The second-order valence-electron chi connectivity index (χ2n) is 4.23. The lowest BCUT2D eigenvalue weighted by molar-refractivity contribution is 0.0657. The Bertz CT molecular complexity index is 386. The van der Waals surface area contributed by atoms with Gasteiger partial charge in [0.25, 0.3) is 5.91 Å². The maximum atomic E-state index is 12.1. The number of nitrogens with zero attached hydrogens (tertiary/aromatic N) is 1. The zero-order valence-corrected chi connectivity index (χ0v) is 9.53. The summed E-state index contributed by atoms with van der Waals surface area (Å²) in [5.41, 5.74) is 2.05. The van der Waals surface area contributed by atoms with Crippen molar-refractivity contribution in [3.8, 4) is 0 Å². The largest absolute Gasteiger partial charge is 0.329 e. The first-order chi connectivity index (χ1) is 7.16. The Morgan fingerprint density at radius 1 is 1.40 bits per heavy atom. The molecule has 1 aliphatic heterocycles. The Morgan fingerprint density at radius 2 is 2.07 bits per heavy atom. The molecule has 2 rings (SSSR count). The van der Waals surface area contributed by atoms with Gasteiger partial charge in [0.15, 0.2) is 0 Å². The maximum absolute atomic E-state index is 12.1. The van der Waals surface area contributed by atoms with Crippen LogP contribution in [-0.4, -0.2) is 16.8 Å². The highest BCUT2D eigenvalue weighted by molar-refractivity contribution is 5.99. The van der Waals surface area contributed by atoms with Crippen LogP contribution in [0.15, 0.2) is 24.3 Å². The van der Waals surface area contributed by atoms with Crippen LogP contribution in [0.2, 0.25) is 0 Å². The van der Waals surface area contributed by atoms with Crippen LogP contribution < -0.4 is 0 Å². The summed E-state index contributed by atoms with van der Waals surface area (Å²) in [5, 5.41) is 0. The minimum atomic E-state index is 0.187. The molecule has 0 spiro atoms. The molecule has 0 saturated heterocycles. The molecule has 1 aliphatic rings. The van der Waals surface area contributed by atoms with Crippen LogP contribution in [0.3, 0.4) is 0 Å². The second-order valence-corrected chi connectivity index (χ2v) is 4.23. The van der Waals surface area contributed by atoms with E-state index >= 15 is 0 Å². The second kappa shape index (κ2) is 3.69. The Morgan fingerprint density at radius 3 is 2.67 bits per heavy atom. The lowest BCUT2D eigenvalue weighted by Crippen LogP contribution is -2.34. The minimum absolute atomic E-state index is 0.187. The molecule has 0 N–H and O–H groups in total.